The standard InChI is InChI=1S/C30H43N6O6S/c1-19-24(28(30(39)40)34-27(19)26(21(3)37)29(34)38)18-33-32-20(2)23-17-22(5-6-25(23)43(33,41)42)7-10-36-14-11-35(12-15-36,13-16-36)9-4-8-31/h5-6,17,19,21,26-27,37H,4,7-16,18,31H2,1-3H3/q+1/p+1/t19-,21+,26+,27+,35?,36?/m0/s1. The van der Waals surface area contributed by atoms with Gasteiger partial charge in [0.15, 0.2) is 0 Å². The highest BCUT2D eigenvalue weighted by Gasteiger charge is 2.60. The summed E-state index contributed by atoms with van der Waals surface area (Å²) in [7, 11) is -4.06. The third-order valence-corrected chi connectivity index (χ3v) is 12.6. The third-order valence-electron chi connectivity index (χ3n) is 10.9. The van der Waals surface area contributed by atoms with Crippen LogP contribution in [0.4, 0.5) is 0 Å². The van der Waals surface area contributed by atoms with Crippen LogP contribution >= 0.6 is 0 Å². The largest absolute Gasteiger partial charge is 0.477 e. The molecule has 234 valence electrons. The number of aliphatic carboxylic acids is 1. The first-order valence-corrected chi connectivity index (χ1v) is 16.9. The van der Waals surface area contributed by atoms with Crippen molar-refractivity contribution in [2.45, 2.75) is 50.7 Å². The van der Waals surface area contributed by atoms with Crippen molar-refractivity contribution in [1.29, 1.82) is 0 Å². The van der Waals surface area contributed by atoms with Gasteiger partial charge < -0.3 is 29.8 Å². The van der Waals surface area contributed by atoms with Gasteiger partial charge in [0.25, 0.3) is 10.0 Å². The van der Waals surface area contributed by atoms with Crippen molar-refractivity contribution in [3.8, 4) is 0 Å². The number of piperazine rings is 3. The summed E-state index contributed by atoms with van der Waals surface area (Å²) in [5, 5.41) is 24.5. The van der Waals surface area contributed by atoms with Gasteiger partial charge in [0, 0.05) is 24.3 Å². The lowest BCUT2D eigenvalue weighted by atomic mass is 9.78. The van der Waals surface area contributed by atoms with Crippen LogP contribution in [0.25, 0.3) is 0 Å². The molecular weight excluding hydrogens is 572 g/mol. The lowest BCUT2D eigenvalue weighted by Crippen LogP contribution is -2.75. The number of hydrogen-bond acceptors (Lipinski definition) is 7. The van der Waals surface area contributed by atoms with Gasteiger partial charge in [0.05, 0.1) is 48.3 Å². The van der Waals surface area contributed by atoms with Crippen LogP contribution in [0.1, 0.15) is 38.3 Å². The van der Waals surface area contributed by atoms with Gasteiger partial charge in [0.2, 0.25) is 5.91 Å². The van der Waals surface area contributed by atoms with Crippen molar-refractivity contribution in [1.82, 2.24) is 9.31 Å². The van der Waals surface area contributed by atoms with Gasteiger partial charge in [-0.05, 0) is 43.7 Å². The van der Waals surface area contributed by atoms with Crippen molar-refractivity contribution < 1.29 is 37.2 Å². The number of quaternary nitrogens is 2. The summed E-state index contributed by atoms with van der Waals surface area (Å²) in [6.07, 6.45) is 1.000. The summed E-state index contributed by atoms with van der Waals surface area (Å²) < 4.78 is 30.8. The number of sulfonamides is 1. The lowest BCUT2D eigenvalue weighted by Gasteiger charge is -2.55. The Morgan fingerprint density at radius 3 is 2.35 bits per heavy atom. The van der Waals surface area contributed by atoms with Gasteiger partial charge in [-0.2, -0.15) is 17.9 Å². The van der Waals surface area contributed by atoms with E-state index in [2.05, 4.69) is 5.10 Å². The number of fused-ring (bicyclic) bond motifs is 5. The van der Waals surface area contributed by atoms with E-state index in [1.807, 2.05) is 12.1 Å². The Hall–Kier alpha value is -2.84. The molecule has 1 amide bonds. The Morgan fingerprint density at radius 2 is 1.77 bits per heavy atom. The van der Waals surface area contributed by atoms with Crippen LogP contribution in [0.15, 0.2) is 39.5 Å². The zero-order valence-electron chi connectivity index (χ0n) is 25.3. The molecule has 4 fully saturated rings. The highest BCUT2D eigenvalue weighted by Crippen LogP contribution is 2.47. The highest BCUT2D eigenvalue weighted by molar-refractivity contribution is 7.89. The predicted molar refractivity (Wildman–Crippen MR) is 159 cm³/mol. The fourth-order valence-electron chi connectivity index (χ4n) is 8.16. The van der Waals surface area contributed by atoms with Gasteiger partial charge in [-0.3, -0.25) is 4.79 Å². The molecule has 0 aromatic heterocycles. The van der Waals surface area contributed by atoms with E-state index in [0.717, 1.165) is 40.4 Å². The van der Waals surface area contributed by atoms with Crippen molar-refractivity contribution in [3.63, 3.8) is 0 Å². The molecule has 1 aromatic rings. The van der Waals surface area contributed by atoms with Crippen molar-refractivity contribution in [2.24, 2.45) is 22.7 Å². The summed E-state index contributed by atoms with van der Waals surface area (Å²) in [5.41, 5.74) is 8.08. The summed E-state index contributed by atoms with van der Waals surface area (Å²) in [6, 6.07) is 4.96. The molecule has 6 aliphatic rings. The lowest BCUT2D eigenvalue weighted by molar-refractivity contribution is -1.08. The molecule has 4 atom stereocenters. The summed E-state index contributed by atoms with van der Waals surface area (Å²) in [5.74, 6) is -2.92. The number of carboxylic acids is 1. The fourth-order valence-corrected chi connectivity index (χ4v) is 9.65. The van der Waals surface area contributed by atoms with Crippen LogP contribution < -0.4 is 5.73 Å². The van der Waals surface area contributed by atoms with E-state index in [1.54, 1.807) is 19.9 Å². The van der Waals surface area contributed by atoms with E-state index in [0.29, 0.717) is 16.8 Å². The second-order valence-corrected chi connectivity index (χ2v) is 15.1. The topological polar surface area (TPSA) is 154 Å². The highest BCUT2D eigenvalue weighted by atomic mass is 32.2. The molecule has 43 heavy (non-hydrogen) atoms. The second kappa shape index (κ2) is 10.7. The van der Waals surface area contributed by atoms with Gasteiger partial charge in [-0.15, -0.1) is 0 Å². The average molecular weight is 617 g/mol. The zero-order valence-corrected chi connectivity index (χ0v) is 26.1. The minimum atomic E-state index is -4.06. The van der Waals surface area contributed by atoms with Gasteiger partial charge in [-0.1, -0.05) is 13.0 Å². The maximum absolute atomic E-state index is 13.8. The monoisotopic (exact) mass is 616 g/mol. The van der Waals surface area contributed by atoms with E-state index >= 15 is 0 Å². The van der Waals surface area contributed by atoms with Crippen LogP contribution in [-0.2, 0) is 26.0 Å². The summed E-state index contributed by atoms with van der Waals surface area (Å²) in [4.78, 5) is 26.3. The van der Waals surface area contributed by atoms with E-state index in [4.69, 9.17) is 5.73 Å². The molecule has 0 aliphatic carbocycles. The van der Waals surface area contributed by atoms with Crippen LogP contribution in [0.2, 0.25) is 0 Å². The van der Waals surface area contributed by atoms with Crippen molar-refractivity contribution in [2.75, 3.05) is 65.4 Å². The van der Waals surface area contributed by atoms with Crippen LogP contribution in [0, 0.1) is 11.8 Å². The van der Waals surface area contributed by atoms with Crippen molar-refractivity contribution >= 4 is 27.6 Å². The summed E-state index contributed by atoms with van der Waals surface area (Å²) >= 11 is 0. The molecule has 0 spiro atoms. The first-order valence-electron chi connectivity index (χ1n) is 15.4. The van der Waals surface area contributed by atoms with E-state index in [-0.39, 0.29) is 17.1 Å². The quantitative estimate of drug-likeness (QED) is 0.250. The van der Waals surface area contributed by atoms with Gasteiger partial charge >= 0.3 is 5.97 Å². The van der Waals surface area contributed by atoms with Gasteiger partial charge in [0.1, 0.15) is 45.0 Å². The van der Waals surface area contributed by atoms with Crippen molar-refractivity contribution in [3.05, 3.63) is 40.6 Å². The van der Waals surface area contributed by atoms with Crippen LogP contribution in [-0.4, -0.2) is 132 Å². The number of nitrogens with two attached hydrogens (primary N) is 1. The molecule has 1 aromatic carbocycles. The first-order chi connectivity index (χ1) is 20.3. The molecule has 13 heteroatoms. The zero-order chi connectivity index (χ0) is 30.9. The van der Waals surface area contributed by atoms with Gasteiger partial charge in [-0.25, -0.2) is 4.79 Å². The van der Waals surface area contributed by atoms with Crippen LogP contribution in [0.3, 0.4) is 0 Å². The molecule has 0 unspecified atom stereocenters. The molecule has 6 aliphatic heterocycles. The smallest absolute Gasteiger partial charge is 0.352 e. The van der Waals surface area contributed by atoms with E-state index in [9.17, 15) is 28.2 Å². The molecule has 2 bridgehead atoms. The predicted octanol–water partition coefficient (Wildman–Crippen LogP) is 0.163. The maximum atomic E-state index is 13.8. The summed E-state index contributed by atoms with van der Waals surface area (Å²) in [6.45, 7) is 14.9. The molecular formula is C30H44N6O6S+2. The number of benzene rings is 1. The van der Waals surface area contributed by atoms with E-state index < -0.39 is 45.9 Å². The number of hydrogen-bond donors (Lipinski definition) is 3. The number of hydrazone groups is 1. The number of β-lactam (4-membered cyclic amide) rings is 1. The first kappa shape index (κ1) is 30.2. The number of carbonyl (C=O) groups excluding carboxylic acids is 1. The molecule has 7 rings (SSSR count). The Bertz CT molecular complexity index is 1500. The molecule has 6 heterocycles. The Morgan fingerprint density at radius 1 is 1.14 bits per heavy atom. The maximum Gasteiger partial charge on any atom is 0.352 e. The normalized spacial score (nSPS) is 33.2. The Labute approximate surface area is 253 Å². The SMILES string of the molecule is CC1=NN(CC2=C(C(=O)O)N3C(=O)[C@H]([C@@H](C)O)[C@H]3[C@H]2C)S(=O)(=O)c2ccc(CC[N+]34CC[N+](CCCN)(CC3)CC4)cc21. The minimum Gasteiger partial charge on any atom is -0.477 e. The number of rotatable bonds is 10. The Balaban J connectivity index is 1.19. The minimum absolute atomic E-state index is 0.151. The average Bonchev–Trinajstić information content (AvgIpc) is 3.22. The number of amides is 1. The molecule has 12 nitrogen and oxygen atoms in total. The number of aliphatic hydroxyl groups excluding tert-OH is 1. The molecule has 4 saturated heterocycles. The second-order valence-electron chi connectivity index (χ2n) is 13.3. The molecule has 4 N–H and O–H groups in total. The molecule has 0 radical (unpaired) electrons. The number of nitrogens with zero attached hydrogens (tertiary/aromatic N) is 5. The fraction of sp³-hybridized carbons (Fsp3) is 0.633. The number of aliphatic hydroxyl groups is 1. The Kier molecular flexibility index (Phi) is 7.48. The number of carboxylic acid groups (broad SMARTS) is 1. The van der Waals surface area contributed by atoms with Crippen LogP contribution in [0.5, 0.6) is 0 Å². The third kappa shape index (κ3) is 4.80. The van der Waals surface area contributed by atoms with E-state index in [1.165, 1.54) is 62.1 Å². The number of carbonyl (C=O) groups is 2. The molecule has 0 saturated carbocycles.